The van der Waals surface area contributed by atoms with Gasteiger partial charge in [0, 0.05) is 21.8 Å². The monoisotopic (exact) mass is 371 g/mol. The average molecular weight is 371 g/mol. The Morgan fingerprint density at radius 3 is 2.65 bits per heavy atom. The molecule has 26 heavy (non-hydrogen) atoms. The molecule has 0 aliphatic rings. The number of hydrogen-bond donors (Lipinski definition) is 3. The molecule has 0 saturated heterocycles. The number of aromatic hydroxyl groups is 2. The molecule has 0 unspecified atom stereocenters. The highest BCUT2D eigenvalue weighted by atomic mass is 32.2. The van der Waals surface area contributed by atoms with Gasteiger partial charge in [0.05, 0.1) is 5.39 Å². The van der Waals surface area contributed by atoms with Crippen LogP contribution in [0.2, 0.25) is 0 Å². The fraction of sp³-hybridized carbons (Fsp3) is 0.158. The molecule has 1 aromatic heterocycles. The quantitative estimate of drug-likeness (QED) is 0.474. The van der Waals surface area contributed by atoms with Crippen LogP contribution in [0.4, 0.5) is 5.69 Å². The van der Waals surface area contributed by atoms with Crippen molar-refractivity contribution in [2.75, 3.05) is 5.32 Å². The van der Waals surface area contributed by atoms with Crippen molar-refractivity contribution < 1.29 is 19.4 Å². The van der Waals surface area contributed by atoms with E-state index in [1.165, 1.54) is 18.2 Å². The first kappa shape index (κ1) is 17.9. The lowest BCUT2D eigenvalue weighted by atomic mass is 10.2. The van der Waals surface area contributed by atoms with E-state index in [4.69, 9.17) is 4.42 Å². The van der Waals surface area contributed by atoms with Gasteiger partial charge in [0.25, 0.3) is 5.91 Å². The van der Waals surface area contributed by atoms with Crippen LogP contribution >= 0.6 is 11.8 Å². The van der Waals surface area contributed by atoms with Crippen LogP contribution in [0, 0.1) is 0 Å². The molecule has 0 radical (unpaired) electrons. The molecule has 0 aliphatic heterocycles. The van der Waals surface area contributed by atoms with Crippen molar-refractivity contribution in [2.24, 2.45) is 0 Å². The van der Waals surface area contributed by atoms with Crippen molar-refractivity contribution in [2.45, 2.75) is 24.0 Å². The Hall–Kier alpha value is -2.93. The molecule has 0 bridgehead atoms. The van der Waals surface area contributed by atoms with E-state index in [0.29, 0.717) is 10.8 Å². The molecule has 7 heteroatoms. The van der Waals surface area contributed by atoms with Gasteiger partial charge in [0.2, 0.25) is 0 Å². The molecule has 0 fully saturated rings. The predicted octanol–water partition coefficient (Wildman–Crippen LogP) is 3.96. The van der Waals surface area contributed by atoms with Gasteiger partial charge < -0.3 is 19.9 Å². The zero-order valence-corrected chi connectivity index (χ0v) is 15.0. The van der Waals surface area contributed by atoms with Gasteiger partial charge >= 0.3 is 5.63 Å². The summed E-state index contributed by atoms with van der Waals surface area (Å²) in [6.07, 6.45) is 0. The van der Waals surface area contributed by atoms with Crippen molar-refractivity contribution in [1.82, 2.24) is 0 Å². The van der Waals surface area contributed by atoms with E-state index in [-0.39, 0.29) is 22.4 Å². The van der Waals surface area contributed by atoms with E-state index in [9.17, 15) is 19.8 Å². The molecule has 0 spiro atoms. The van der Waals surface area contributed by atoms with Gasteiger partial charge in [-0.2, -0.15) is 0 Å². The molecule has 3 rings (SSSR count). The number of thioether (sulfide) groups is 1. The number of benzene rings is 2. The molecule has 3 aromatic rings. The van der Waals surface area contributed by atoms with E-state index < -0.39 is 17.3 Å². The Morgan fingerprint density at radius 2 is 1.92 bits per heavy atom. The lowest BCUT2D eigenvalue weighted by Gasteiger charge is -2.10. The van der Waals surface area contributed by atoms with Crippen LogP contribution in [0.15, 0.2) is 56.6 Å². The van der Waals surface area contributed by atoms with Gasteiger partial charge in [-0.3, -0.25) is 4.79 Å². The lowest BCUT2D eigenvalue weighted by Crippen LogP contribution is -2.18. The van der Waals surface area contributed by atoms with Crippen molar-refractivity contribution in [3.8, 4) is 11.5 Å². The number of hydrogen-bond acceptors (Lipinski definition) is 6. The third-order valence-corrected chi connectivity index (χ3v) is 4.57. The van der Waals surface area contributed by atoms with Gasteiger partial charge in [-0.1, -0.05) is 19.9 Å². The van der Waals surface area contributed by atoms with Gasteiger partial charge in [0.15, 0.2) is 11.4 Å². The highest BCUT2D eigenvalue weighted by molar-refractivity contribution is 7.99. The third kappa shape index (κ3) is 3.67. The second-order valence-corrected chi connectivity index (χ2v) is 7.59. The minimum absolute atomic E-state index is 0.0285. The summed E-state index contributed by atoms with van der Waals surface area (Å²) in [4.78, 5) is 25.5. The Bertz CT molecular complexity index is 1040. The number of amides is 1. The second kappa shape index (κ2) is 7.13. The smallest absolute Gasteiger partial charge is 0.364 e. The average Bonchev–Trinajstić information content (AvgIpc) is 2.57. The molecule has 0 atom stereocenters. The molecule has 1 amide bonds. The largest absolute Gasteiger partial charge is 0.508 e. The van der Waals surface area contributed by atoms with Crippen LogP contribution in [-0.4, -0.2) is 21.4 Å². The van der Waals surface area contributed by atoms with Crippen LogP contribution in [0.25, 0.3) is 11.0 Å². The van der Waals surface area contributed by atoms with Gasteiger partial charge in [0.1, 0.15) is 11.3 Å². The topological polar surface area (TPSA) is 99.8 Å². The third-order valence-electron chi connectivity index (χ3n) is 3.57. The van der Waals surface area contributed by atoms with E-state index >= 15 is 0 Å². The molecule has 0 aliphatic carbocycles. The molecule has 6 nitrogen and oxygen atoms in total. The number of fused-ring (bicyclic) bond motifs is 1. The summed E-state index contributed by atoms with van der Waals surface area (Å²) in [5, 5.41) is 22.8. The summed E-state index contributed by atoms with van der Waals surface area (Å²) in [6.45, 7) is 4.10. The highest BCUT2D eigenvalue weighted by Crippen LogP contribution is 2.32. The maximum atomic E-state index is 12.5. The fourth-order valence-electron chi connectivity index (χ4n) is 2.45. The van der Waals surface area contributed by atoms with Crippen molar-refractivity contribution in [1.29, 1.82) is 0 Å². The molecular formula is C19H17NO5S. The van der Waals surface area contributed by atoms with Crippen LogP contribution in [-0.2, 0) is 0 Å². The maximum Gasteiger partial charge on any atom is 0.364 e. The number of nitrogens with one attached hydrogen (secondary N) is 1. The van der Waals surface area contributed by atoms with Gasteiger partial charge in [-0.05, 0) is 30.3 Å². The number of carbonyl (C=O) groups excluding carboxylic acids is 1. The summed E-state index contributed by atoms with van der Waals surface area (Å²) in [7, 11) is 0. The number of anilines is 1. The number of rotatable bonds is 4. The Kier molecular flexibility index (Phi) is 4.90. The molecule has 0 saturated carbocycles. The summed E-state index contributed by atoms with van der Waals surface area (Å²) < 4.78 is 5.07. The molecule has 134 valence electrons. The van der Waals surface area contributed by atoms with Crippen LogP contribution in [0.1, 0.15) is 24.2 Å². The van der Waals surface area contributed by atoms with Crippen molar-refractivity contribution in [3.63, 3.8) is 0 Å². The van der Waals surface area contributed by atoms with E-state index in [2.05, 4.69) is 5.32 Å². The molecular weight excluding hydrogens is 354 g/mol. The lowest BCUT2D eigenvalue weighted by molar-refractivity contribution is 0.102. The Labute approximate surface area is 153 Å². The molecule has 2 aromatic carbocycles. The first-order valence-electron chi connectivity index (χ1n) is 7.92. The first-order valence-corrected chi connectivity index (χ1v) is 8.80. The summed E-state index contributed by atoms with van der Waals surface area (Å²) >= 11 is 1.61. The van der Waals surface area contributed by atoms with E-state index in [1.54, 1.807) is 30.0 Å². The second-order valence-electron chi connectivity index (χ2n) is 5.94. The summed E-state index contributed by atoms with van der Waals surface area (Å²) in [5.41, 5.74) is -0.849. The predicted molar refractivity (Wildman–Crippen MR) is 101 cm³/mol. The van der Waals surface area contributed by atoms with Gasteiger partial charge in [-0.25, -0.2) is 4.79 Å². The number of carbonyl (C=O) groups is 1. The number of phenolic OH excluding ortho intramolecular Hbond substituents is 1. The summed E-state index contributed by atoms with van der Waals surface area (Å²) in [5.74, 6) is -1.04. The zero-order chi connectivity index (χ0) is 18.8. The van der Waals surface area contributed by atoms with Crippen LogP contribution < -0.4 is 10.9 Å². The standard InChI is InChI=1S/C19H17NO5S/c1-10(2)26-13-5-3-4-11(8-13)18(23)20-16-17(22)14-7-6-12(21)9-15(14)25-19(16)24/h3-10,21-22H,1-2H3,(H,20,23). The van der Waals surface area contributed by atoms with E-state index in [1.807, 2.05) is 19.9 Å². The fourth-order valence-corrected chi connectivity index (χ4v) is 3.35. The minimum atomic E-state index is -0.901. The molecule has 3 N–H and O–H groups in total. The number of phenols is 1. The Morgan fingerprint density at radius 1 is 1.15 bits per heavy atom. The first-order chi connectivity index (χ1) is 12.3. The van der Waals surface area contributed by atoms with E-state index in [0.717, 1.165) is 4.90 Å². The van der Waals surface area contributed by atoms with Crippen LogP contribution in [0.3, 0.4) is 0 Å². The Balaban J connectivity index is 1.95. The summed E-state index contributed by atoms with van der Waals surface area (Å²) in [6, 6.07) is 11.0. The normalized spacial score (nSPS) is 11.0. The van der Waals surface area contributed by atoms with Crippen molar-refractivity contribution in [3.05, 3.63) is 58.4 Å². The minimum Gasteiger partial charge on any atom is -0.508 e. The molecule has 1 heterocycles. The van der Waals surface area contributed by atoms with Gasteiger partial charge in [-0.15, -0.1) is 11.8 Å². The van der Waals surface area contributed by atoms with Crippen molar-refractivity contribution >= 4 is 34.3 Å². The van der Waals surface area contributed by atoms with Crippen LogP contribution in [0.5, 0.6) is 11.5 Å². The zero-order valence-electron chi connectivity index (χ0n) is 14.1. The SMILES string of the molecule is CC(C)Sc1cccc(C(=O)Nc2c(O)c3ccc(O)cc3oc2=O)c1. The highest BCUT2D eigenvalue weighted by Gasteiger charge is 2.18. The maximum absolute atomic E-state index is 12.5.